The van der Waals surface area contributed by atoms with Crippen molar-refractivity contribution >= 4 is 96.2 Å². The highest BCUT2D eigenvalue weighted by atomic mass is 32.1. The molecule has 0 amide bonds. The van der Waals surface area contributed by atoms with Gasteiger partial charge in [0.1, 0.15) is 16.1 Å². The topological polar surface area (TPSA) is 3.24 Å². The molecule has 8 aromatic carbocycles. The van der Waals surface area contributed by atoms with Crippen molar-refractivity contribution in [2.45, 2.75) is 26.2 Å². The van der Waals surface area contributed by atoms with E-state index in [0.717, 1.165) is 0 Å². The number of hydrogen-bond donors (Lipinski definition) is 0. The highest BCUT2D eigenvalue weighted by Gasteiger charge is 2.41. The molecule has 0 fully saturated rings. The summed E-state index contributed by atoms with van der Waals surface area (Å²) in [6.45, 7) is 10.1. The van der Waals surface area contributed by atoms with Gasteiger partial charge in [-0.2, -0.15) is 0 Å². The molecule has 0 atom stereocenters. The van der Waals surface area contributed by atoms with Gasteiger partial charge in [0.05, 0.1) is 5.69 Å². The van der Waals surface area contributed by atoms with Crippen molar-refractivity contribution in [3.05, 3.63) is 164 Å². The third kappa shape index (κ3) is 4.42. The number of anilines is 3. The average Bonchev–Trinajstić information content (AvgIpc) is 3.78. The molecular weight excluding hydrogens is 703 g/mol. The lowest BCUT2D eigenvalue weighted by Crippen LogP contribution is -2.49. The fourth-order valence-corrected chi connectivity index (χ4v) is 17.0. The van der Waals surface area contributed by atoms with Gasteiger partial charge in [-0.25, -0.2) is 0 Å². The Morgan fingerprint density at radius 2 is 1.06 bits per heavy atom. The monoisotopic (exact) mass is 741 g/mol. The van der Waals surface area contributed by atoms with Gasteiger partial charge in [-0.3, -0.25) is 0 Å². The van der Waals surface area contributed by atoms with Crippen molar-refractivity contribution < 1.29 is 0 Å². The normalized spacial score (nSPS) is 14.6. The van der Waals surface area contributed by atoms with Gasteiger partial charge in [0, 0.05) is 37.1 Å². The molecule has 0 saturated carbocycles. The van der Waals surface area contributed by atoms with E-state index < -0.39 is 16.1 Å². The molecule has 0 saturated heterocycles. The molecule has 0 radical (unpaired) electrons. The van der Waals surface area contributed by atoms with Crippen LogP contribution in [-0.4, -0.2) is 16.1 Å². The third-order valence-corrected chi connectivity index (χ3v) is 20.7. The van der Waals surface area contributed by atoms with E-state index in [4.69, 9.17) is 0 Å². The maximum atomic E-state index is 2.56. The number of nitrogens with zero attached hydrogens (tertiary/aromatic N) is 1. The van der Waals surface area contributed by atoms with Crippen molar-refractivity contribution in [3.8, 4) is 33.4 Å². The Kier molecular flexibility index (Phi) is 6.80. The van der Waals surface area contributed by atoms with Crippen molar-refractivity contribution in [1.29, 1.82) is 0 Å². The molecule has 1 nitrogen and oxygen atoms in total. The van der Waals surface area contributed by atoms with Crippen LogP contribution in [0.15, 0.2) is 164 Å². The summed E-state index contributed by atoms with van der Waals surface area (Å²) in [4.78, 5) is 2.56. The summed E-state index contributed by atoms with van der Waals surface area (Å²) in [5.41, 5.74) is 11.8. The fourth-order valence-electron chi connectivity index (χ4n) is 9.78. The molecule has 0 aliphatic carbocycles. The van der Waals surface area contributed by atoms with Crippen LogP contribution in [0.25, 0.3) is 64.3 Å². The van der Waals surface area contributed by atoms with Gasteiger partial charge in [-0.05, 0) is 102 Å². The molecule has 2 aliphatic rings. The van der Waals surface area contributed by atoms with Gasteiger partial charge < -0.3 is 4.90 Å². The summed E-state index contributed by atoms with van der Waals surface area (Å²) in [7, 11) is -3.92. The predicted octanol–water partition coefficient (Wildman–Crippen LogP) is 12.0. The molecule has 0 N–H and O–H groups in total. The minimum absolute atomic E-state index is 1.18. The Hall–Kier alpha value is -5.53. The Morgan fingerprint density at radius 1 is 0.426 bits per heavy atom. The second kappa shape index (κ2) is 11.5. The number of benzene rings is 8. The summed E-state index contributed by atoms with van der Waals surface area (Å²) in [6.07, 6.45) is 0. The maximum absolute atomic E-state index is 2.56. The summed E-state index contributed by atoms with van der Waals surface area (Å²) >= 11 is 1.92. The van der Waals surface area contributed by atoms with E-state index in [9.17, 15) is 0 Å². The number of fused-ring (bicyclic) bond motifs is 11. The van der Waals surface area contributed by atoms with Crippen LogP contribution in [0.2, 0.25) is 26.2 Å². The van der Waals surface area contributed by atoms with Crippen molar-refractivity contribution in [2.24, 2.45) is 0 Å². The lowest BCUT2D eigenvalue weighted by atomic mass is 9.97. The van der Waals surface area contributed by atoms with Crippen LogP contribution in [-0.2, 0) is 0 Å². The van der Waals surface area contributed by atoms with Gasteiger partial charge in [0.15, 0.2) is 0 Å². The van der Waals surface area contributed by atoms with Crippen LogP contribution in [0.3, 0.4) is 0 Å². The SMILES string of the molecule is C[Si]1(C)c2ccccc2-c2c(N(c3ccc(-c4cccc5ccccc45)cc3)c3ccc4c(c3)[Si](C)(C)c3ccc5sc6ccccc6c5c3-4)cccc21. The van der Waals surface area contributed by atoms with Gasteiger partial charge in [-0.1, -0.05) is 148 Å². The second-order valence-corrected chi connectivity index (χ2v) is 25.8. The quantitative estimate of drug-likeness (QED) is 0.162. The van der Waals surface area contributed by atoms with Gasteiger partial charge >= 0.3 is 0 Å². The first-order chi connectivity index (χ1) is 26.3. The molecule has 54 heavy (non-hydrogen) atoms. The minimum atomic E-state index is -2.03. The predicted molar refractivity (Wildman–Crippen MR) is 241 cm³/mol. The van der Waals surface area contributed by atoms with E-state index >= 15 is 0 Å². The van der Waals surface area contributed by atoms with Gasteiger partial charge in [0.2, 0.25) is 0 Å². The molecule has 11 rings (SSSR count). The molecule has 258 valence electrons. The highest BCUT2D eigenvalue weighted by Crippen LogP contribution is 2.46. The number of rotatable bonds is 4. The van der Waals surface area contributed by atoms with Crippen LogP contribution in [0.5, 0.6) is 0 Å². The first-order valence-corrected chi connectivity index (χ1v) is 25.8. The van der Waals surface area contributed by atoms with Gasteiger partial charge in [-0.15, -0.1) is 11.3 Å². The molecule has 4 heteroatoms. The summed E-state index contributed by atoms with van der Waals surface area (Å²) < 4.78 is 2.75. The molecule has 0 bridgehead atoms. The number of hydrogen-bond acceptors (Lipinski definition) is 2. The fraction of sp³-hybridized carbons (Fsp3) is 0.0800. The van der Waals surface area contributed by atoms with E-state index in [1.807, 2.05) is 11.3 Å². The molecule has 0 spiro atoms. The Balaban J connectivity index is 1.13. The molecule has 3 heterocycles. The minimum Gasteiger partial charge on any atom is -0.310 e. The average molecular weight is 742 g/mol. The van der Waals surface area contributed by atoms with E-state index in [2.05, 4.69) is 195 Å². The van der Waals surface area contributed by atoms with Crippen molar-refractivity contribution in [2.75, 3.05) is 4.90 Å². The van der Waals surface area contributed by atoms with Crippen molar-refractivity contribution in [3.63, 3.8) is 0 Å². The van der Waals surface area contributed by atoms with Crippen LogP contribution in [0.4, 0.5) is 17.1 Å². The molecule has 0 unspecified atom stereocenters. The lowest BCUT2D eigenvalue weighted by molar-refractivity contribution is 1.29. The van der Waals surface area contributed by atoms with E-state index in [-0.39, 0.29) is 0 Å². The van der Waals surface area contributed by atoms with Crippen LogP contribution < -0.4 is 25.6 Å². The highest BCUT2D eigenvalue weighted by molar-refractivity contribution is 7.26. The summed E-state index contributed by atoms with van der Waals surface area (Å²) in [5.74, 6) is 0. The smallest absolute Gasteiger partial charge is 0.113 e. The maximum Gasteiger partial charge on any atom is 0.113 e. The summed E-state index contributed by atoms with van der Waals surface area (Å²) in [6, 6.07) is 62.1. The Bertz CT molecular complexity index is 3000. The largest absolute Gasteiger partial charge is 0.310 e. The van der Waals surface area contributed by atoms with Gasteiger partial charge in [0.25, 0.3) is 0 Å². The zero-order chi connectivity index (χ0) is 36.3. The Morgan fingerprint density at radius 3 is 1.93 bits per heavy atom. The van der Waals surface area contributed by atoms with Crippen molar-refractivity contribution in [1.82, 2.24) is 0 Å². The number of thiophene rings is 1. The van der Waals surface area contributed by atoms with Crippen LogP contribution in [0, 0.1) is 0 Å². The first kappa shape index (κ1) is 32.0. The molecular formula is C50H39NSSi2. The lowest BCUT2D eigenvalue weighted by Gasteiger charge is -2.30. The van der Waals surface area contributed by atoms with E-state index in [0.29, 0.717) is 0 Å². The molecule has 1 aromatic heterocycles. The first-order valence-electron chi connectivity index (χ1n) is 19.0. The zero-order valence-corrected chi connectivity index (χ0v) is 33.8. The Labute approximate surface area is 322 Å². The third-order valence-electron chi connectivity index (χ3n) is 12.5. The molecule has 2 aliphatic heterocycles. The summed E-state index contributed by atoms with van der Waals surface area (Å²) in [5, 5.41) is 11.5. The molecule has 9 aromatic rings. The standard InChI is InChI=1S/C50H39NSSi2/c1-53(2)44-21-10-8-17-39(44)48-41(19-12-22-45(48)53)51(34-25-23-33(24-26-34)37-18-11-14-32-13-5-6-15-36(32)37)35-27-28-40-47(31-35)54(3,4)46-30-29-43-49(50(40)46)38-16-7-9-20-42(38)52-43/h5-31H,1-4H3. The van der Waals surface area contributed by atoms with Crippen LogP contribution >= 0.6 is 11.3 Å². The second-order valence-electron chi connectivity index (χ2n) is 16.1. The zero-order valence-electron chi connectivity index (χ0n) is 30.9. The van der Waals surface area contributed by atoms with E-state index in [1.54, 1.807) is 5.19 Å². The van der Waals surface area contributed by atoms with E-state index in [1.165, 1.54) is 96.9 Å². The van der Waals surface area contributed by atoms with Crippen LogP contribution in [0.1, 0.15) is 0 Å².